The van der Waals surface area contributed by atoms with Crippen molar-refractivity contribution in [1.29, 1.82) is 5.41 Å². The van der Waals surface area contributed by atoms with Gasteiger partial charge in [0, 0.05) is 24.5 Å². The summed E-state index contributed by atoms with van der Waals surface area (Å²) >= 11 is 0. The summed E-state index contributed by atoms with van der Waals surface area (Å²) in [7, 11) is 0. The summed E-state index contributed by atoms with van der Waals surface area (Å²) in [5.74, 6) is 0.457. The van der Waals surface area contributed by atoms with Crippen LogP contribution in [0.2, 0.25) is 0 Å². The van der Waals surface area contributed by atoms with Crippen molar-refractivity contribution in [2.75, 3.05) is 0 Å². The molecule has 1 aromatic carbocycles. The number of carbonyl (C=O) groups is 1. The number of hydrogen-bond acceptors (Lipinski definition) is 4. The second-order valence-corrected chi connectivity index (χ2v) is 5.14. The Hall–Kier alpha value is -3.22. The molecular formula is C16H16N6O. The first kappa shape index (κ1) is 14.7. The Morgan fingerprint density at radius 2 is 2.04 bits per heavy atom. The van der Waals surface area contributed by atoms with E-state index in [1.165, 1.54) is 0 Å². The highest BCUT2D eigenvalue weighted by Gasteiger charge is 2.09. The van der Waals surface area contributed by atoms with Gasteiger partial charge in [0.15, 0.2) is 0 Å². The third-order valence-electron chi connectivity index (χ3n) is 3.41. The number of hydrogen-bond donors (Lipinski definition) is 4. The first-order chi connectivity index (χ1) is 11.1. The van der Waals surface area contributed by atoms with E-state index in [2.05, 4.69) is 20.3 Å². The van der Waals surface area contributed by atoms with Crippen LogP contribution in [0.1, 0.15) is 17.0 Å². The number of rotatable bonds is 5. The van der Waals surface area contributed by atoms with E-state index in [9.17, 15) is 4.79 Å². The number of nitrogens with one attached hydrogen (secondary N) is 3. The summed E-state index contributed by atoms with van der Waals surface area (Å²) in [4.78, 5) is 23.4. The number of nitrogen functional groups attached to an aromatic ring is 1. The van der Waals surface area contributed by atoms with E-state index in [0.717, 1.165) is 16.6 Å². The zero-order chi connectivity index (χ0) is 16.2. The highest BCUT2D eigenvalue weighted by molar-refractivity contribution is 5.98. The second-order valence-electron chi connectivity index (χ2n) is 5.14. The average molecular weight is 308 g/mol. The van der Waals surface area contributed by atoms with E-state index >= 15 is 0 Å². The maximum absolute atomic E-state index is 12.0. The molecule has 116 valence electrons. The SMILES string of the molecule is N=C(N)c1ccc2nc(CC(=O)NCc3ccncc3)[nH]c2c1. The van der Waals surface area contributed by atoms with Gasteiger partial charge in [0.2, 0.25) is 5.91 Å². The molecule has 0 spiro atoms. The fraction of sp³-hybridized carbons (Fsp3) is 0.125. The van der Waals surface area contributed by atoms with Crippen molar-refractivity contribution in [2.24, 2.45) is 5.73 Å². The fourth-order valence-electron chi connectivity index (χ4n) is 2.23. The van der Waals surface area contributed by atoms with Gasteiger partial charge in [0.05, 0.1) is 17.5 Å². The van der Waals surface area contributed by atoms with Crippen molar-refractivity contribution in [3.63, 3.8) is 0 Å². The number of imidazole rings is 1. The number of fused-ring (bicyclic) bond motifs is 1. The van der Waals surface area contributed by atoms with E-state index in [0.29, 0.717) is 17.9 Å². The van der Waals surface area contributed by atoms with Crippen LogP contribution in [0.25, 0.3) is 11.0 Å². The molecule has 0 aliphatic carbocycles. The lowest BCUT2D eigenvalue weighted by atomic mass is 10.2. The maximum atomic E-state index is 12.0. The molecular weight excluding hydrogens is 292 g/mol. The van der Waals surface area contributed by atoms with Gasteiger partial charge in [-0.15, -0.1) is 0 Å². The standard InChI is InChI=1S/C16H16N6O/c17-16(18)11-1-2-12-13(7-11)22-14(21-12)8-15(23)20-9-10-3-5-19-6-4-10/h1-7H,8-9H2,(H3,17,18)(H,20,23)(H,21,22). The van der Waals surface area contributed by atoms with E-state index in [4.69, 9.17) is 11.1 Å². The molecule has 0 atom stereocenters. The number of H-pyrrole nitrogens is 1. The van der Waals surface area contributed by atoms with Crippen LogP contribution in [0.3, 0.4) is 0 Å². The normalized spacial score (nSPS) is 10.6. The minimum atomic E-state index is -0.118. The molecule has 0 aliphatic heterocycles. The molecule has 5 N–H and O–H groups in total. The van der Waals surface area contributed by atoms with Crippen LogP contribution >= 0.6 is 0 Å². The Bertz CT molecular complexity index is 855. The Morgan fingerprint density at radius 3 is 2.78 bits per heavy atom. The number of aromatic nitrogens is 3. The summed E-state index contributed by atoms with van der Waals surface area (Å²) < 4.78 is 0. The van der Waals surface area contributed by atoms with E-state index in [1.54, 1.807) is 30.6 Å². The number of amides is 1. The zero-order valence-corrected chi connectivity index (χ0v) is 12.3. The lowest BCUT2D eigenvalue weighted by molar-refractivity contribution is -0.120. The Morgan fingerprint density at radius 1 is 1.26 bits per heavy atom. The highest BCUT2D eigenvalue weighted by atomic mass is 16.1. The van der Waals surface area contributed by atoms with Gasteiger partial charge in [-0.2, -0.15) is 0 Å². The highest BCUT2D eigenvalue weighted by Crippen LogP contribution is 2.14. The third kappa shape index (κ3) is 3.52. The summed E-state index contributed by atoms with van der Waals surface area (Å²) in [5.41, 5.74) is 8.58. The molecule has 0 saturated carbocycles. The molecule has 0 radical (unpaired) electrons. The minimum Gasteiger partial charge on any atom is -0.384 e. The molecule has 2 aromatic heterocycles. The Kier molecular flexibility index (Phi) is 4.01. The van der Waals surface area contributed by atoms with Gasteiger partial charge < -0.3 is 16.0 Å². The van der Waals surface area contributed by atoms with Gasteiger partial charge in [-0.1, -0.05) is 0 Å². The van der Waals surface area contributed by atoms with Crippen molar-refractivity contribution in [3.8, 4) is 0 Å². The van der Waals surface area contributed by atoms with Crippen molar-refractivity contribution in [1.82, 2.24) is 20.3 Å². The number of carbonyl (C=O) groups excluding carboxylic acids is 1. The van der Waals surface area contributed by atoms with Crippen LogP contribution in [-0.2, 0) is 17.8 Å². The molecule has 0 aliphatic rings. The molecule has 0 saturated heterocycles. The molecule has 7 heteroatoms. The fourth-order valence-corrected chi connectivity index (χ4v) is 2.23. The molecule has 3 aromatic rings. The predicted molar refractivity (Wildman–Crippen MR) is 86.9 cm³/mol. The number of nitrogens with two attached hydrogens (primary N) is 1. The smallest absolute Gasteiger partial charge is 0.227 e. The first-order valence-electron chi connectivity index (χ1n) is 7.10. The average Bonchev–Trinajstić information content (AvgIpc) is 2.95. The van der Waals surface area contributed by atoms with Crippen LogP contribution in [0.4, 0.5) is 0 Å². The van der Waals surface area contributed by atoms with Crippen LogP contribution in [0, 0.1) is 5.41 Å². The van der Waals surface area contributed by atoms with Gasteiger partial charge in [0.1, 0.15) is 11.7 Å². The van der Waals surface area contributed by atoms with Gasteiger partial charge in [-0.25, -0.2) is 4.98 Å². The van der Waals surface area contributed by atoms with Crippen molar-refractivity contribution in [2.45, 2.75) is 13.0 Å². The van der Waals surface area contributed by atoms with E-state index in [-0.39, 0.29) is 18.2 Å². The topological polar surface area (TPSA) is 121 Å². The number of benzene rings is 1. The zero-order valence-electron chi connectivity index (χ0n) is 12.3. The molecule has 2 heterocycles. The molecule has 0 bridgehead atoms. The number of pyridine rings is 1. The number of amidine groups is 1. The number of nitrogens with zero attached hydrogens (tertiary/aromatic N) is 2. The minimum absolute atomic E-state index is 0.00172. The van der Waals surface area contributed by atoms with Crippen molar-refractivity contribution >= 4 is 22.8 Å². The van der Waals surface area contributed by atoms with Gasteiger partial charge in [-0.3, -0.25) is 15.2 Å². The summed E-state index contributed by atoms with van der Waals surface area (Å²) in [5, 5.41) is 10.3. The number of aromatic amines is 1. The van der Waals surface area contributed by atoms with Crippen LogP contribution < -0.4 is 11.1 Å². The van der Waals surface area contributed by atoms with Crippen molar-refractivity contribution in [3.05, 3.63) is 59.7 Å². The van der Waals surface area contributed by atoms with Crippen LogP contribution in [0.5, 0.6) is 0 Å². The lowest BCUT2D eigenvalue weighted by Crippen LogP contribution is -2.24. The van der Waals surface area contributed by atoms with Crippen molar-refractivity contribution < 1.29 is 4.79 Å². The van der Waals surface area contributed by atoms with Gasteiger partial charge in [-0.05, 0) is 35.9 Å². The van der Waals surface area contributed by atoms with Gasteiger partial charge in [0.25, 0.3) is 0 Å². The van der Waals surface area contributed by atoms with Crippen LogP contribution in [0.15, 0.2) is 42.7 Å². The Balaban J connectivity index is 1.66. The third-order valence-corrected chi connectivity index (χ3v) is 3.41. The largest absolute Gasteiger partial charge is 0.384 e. The monoisotopic (exact) mass is 308 g/mol. The maximum Gasteiger partial charge on any atom is 0.227 e. The van der Waals surface area contributed by atoms with E-state index < -0.39 is 0 Å². The lowest BCUT2D eigenvalue weighted by Gasteiger charge is -2.03. The molecule has 0 unspecified atom stereocenters. The summed E-state index contributed by atoms with van der Waals surface area (Å²) in [6.45, 7) is 0.454. The van der Waals surface area contributed by atoms with E-state index in [1.807, 2.05) is 12.1 Å². The first-order valence-corrected chi connectivity index (χ1v) is 7.10. The molecule has 1 amide bonds. The second kappa shape index (κ2) is 6.27. The summed E-state index contributed by atoms with van der Waals surface area (Å²) in [6.07, 6.45) is 3.54. The molecule has 23 heavy (non-hydrogen) atoms. The van der Waals surface area contributed by atoms with Crippen LogP contribution in [-0.4, -0.2) is 26.7 Å². The quantitative estimate of drug-likeness (QED) is 0.416. The molecule has 7 nitrogen and oxygen atoms in total. The molecule has 0 fully saturated rings. The molecule has 3 rings (SSSR count). The predicted octanol–water partition coefficient (Wildman–Crippen LogP) is 1.10. The van der Waals surface area contributed by atoms with Gasteiger partial charge >= 0.3 is 0 Å². The summed E-state index contributed by atoms with van der Waals surface area (Å²) in [6, 6.07) is 8.97. The Labute approximate surface area is 132 Å².